The van der Waals surface area contributed by atoms with Crippen molar-refractivity contribution in [1.82, 2.24) is 20.0 Å². The Morgan fingerprint density at radius 3 is 2.37 bits per heavy atom. The number of amides is 1. The summed E-state index contributed by atoms with van der Waals surface area (Å²) >= 11 is 0. The summed E-state index contributed by atoms with van der Waals surface area (Å²) in [6.07, 6.45) is 4.63. The van der Waals surface area contributed by atoms with Crippen molar-refractivity contribution >= 4 is 5.91 Å². The molecule has 0 aliphatic rings. The van der Waals surface area contributed by atoms with Gasteiger partial charge in [0.1, 0.15) is 0 Å². The minimum atomic E-state index is -0.0703. The summed E-state index contributed by atoms with van der Waals surface area (Å²) in [6, 6.07) is 18.0. The maximum atomic E-state index is 12.5. The van der Waals surface area contributed by atoms with E-state index in [1.54, 1.807) is 10.9 Å². The van der Waals surface area contributed by atoms with E-state index in [-0.39, 0.29) is 11.9 Å². The van der Waals surface area contributed by atoms with Crippen LogP contribution >= 0.6 is 0 Å². The van der Waals surface area contributed by atoms with Crippen molar-refractivity contribution in [3.8, 4) is 5.69 Å². The number of aromatic nitrogens is 2. The van der Waals surface area contributed by atoms with Gasteiger partial charge in [0.2, 0.25) is 0 Å². The summed E-state index contributed by atoms with van der Waals surface area (Å²) < 4.78 is 1.77. The molecule has 0 saturated carbocycles. The number of carbonyl (C=O) groups excluding carboxylic acids is 1. The van der Waals surface area contributed by atoms with Crippen LogP contribution in [0.15, 0.2) is 67.0 Å². The minimum absolute atomic E-state index is 0.0703. The van der Waals surface area contributed by atoms with Gasteiger partial charge in [0.15, 0.2) is 0 Å². The van der Waals surface area contributed by atoms with Gasteiger partial charge in [-0.1, -0.05) is 31.2 Å². The van der Waals surface area contributed by atoms with Crippen molar-refractivity contribution in [3.63, 3.8) is 0 Å². The zero-order valence-electron chi connectivity index (χ0n) is 16.1. The topological polar surface area (TPSA) is 50.2 Å². The fourth-order valence-electron chi connectivity index (χ4n) is 3.05. The highest BCUT2D eigenvalue weighted by Crippen LogP contribution is 2.18. The smallest absolute Gasteiger partial charge is 0.251 e. The Morgan fingerprint density at radius 2 is 1.81 bits per heavy atom. The summed E-state index contributed by atoms with van der Waals surface area (Å²) in [5.41, 5.74) is 4.09. The molecular formula is C22H26N4O. The summed E-state index contributed by atoms with van der Waals surface area (Å²) in [7, 11) is 4.06. The third-order valence-electron chi connectivity index (χ3n) is 4.75. The molecular weight excluding hydrogens is 336 g/mol. The third-order valence-corrected chi connectivity index (χ3v) is 4.75. The number of hydrogen-bond donors (Lipinski definition) is 1. The molecule has 27 heavy (non-hydrogen) atoms. The molecule has 5 heteroatoms. The van der Waals surface area contributed by atoms with E-state index in [4.69, 9.17) is 0 Å². The number of rotatable bonds is 7. The maximum absolute atomic E-state index is 12.5. The van der Waals surface area contributed by atoms with E-state index in [0.717, 1.165) is 12.1 Å². The minimum Gasteiger partial charge on any atom is -0.350 e. The first-order valence-electron chi connectivity index (χ1n) is 9.22. The molecule has 0 saturated heterocycles. The number of nitrogens with one attached hydrogen (secondary N) is 1. The van der Waals surface area contributed by atoms with Gasteiger partial charge in [-0.2, -0.15) is 5.10 Å². The van der Waals surface area contributed by atoms with Crippen molar-refractivity contribution in [3.05, 3.63) is 83.7 Å². The third kappa shape index (κ3) is 4.63. The average Bonchev–Trinajstić information content (AvgIpc) is 3.23. The molecule has 1 aromatic heterocycles. The normalized spacial score (nSPS) is 12.1. The van der Waals surface area contributed by atoms with Crippen LogP contribution < -0.4 is 5.32 Å². The van der Waals surface area contributed by atoms with E-state index in [1.165, 1.54) is 11.1 Å². The second-order valence-electron chi connectivity index (χ2n) is 6.78. The van der Waals surface area contributed by atoms with Gasteiger partial charge in [0, 0.05) is 24.5 Å². The Labute approximate surface area is 160 Å². The van der Waals surface area contributed by atoms with Crippen LogP contribution in [0.3, 0.4) is 0 Å². The second-order valence-corrected chi connectivity index (χ2v) is 6.78. The van der Waals surface area contributed by atoms with Crippen LogP contribution in [0.1, 0.15) is 34.5 Å². The van der Waals surface area contributed by atoms with Crippen molar-refractivity contribution in [2.45, 2.75) is 19.4 Å². The lowest BCUT2D eigenvalue weighted by Crippen LogP contribution is -2.34. The van der Waals surface area contributed by atoms with Gasteiger partial charge in [-0.15, -0.1) is 0 Å². The first-order valence-corrected chi connectivity index (χ1v) is 9.22. The van der Waals surface area contributed by atoms with Crippen LogP contribution in [0.5, 0.6) is 0 Å². The van der Waals surface area contributed by atoms with Crippen molar-refractivity contribution in [1.29, 1.82) is 0 Å². The van der Waals surface area contributed by atoms with Crippen molar-refractivity contribution < 1.29 is 4.79 Å². The molecule has 3 aromatic rings. The lowest BCUT2D eigenvalue weighted by molar-refractivity contribution is 0.0942. The highest BCUT2D eigenvalue weighted by molar-refractivity contribution is 5.94. The molecule has 1 unspecified atom stereocenters. The number of aryl methyl sites for hydroxylation is 1. The first-order chi connectivity index (χ1) is 13.1. The number of likely N-dealkylation sites (N-methyl/N-ethyl adjacent to an activating group) is 1. The van der Waals surface area contributed by atoms with Gasteiger partial charge >= 0.3 is 0 Å². The van der Waals surface area contributed by atoms with E-state index in [9.17, 15) is 4.79 Å². The Bertz CT molecular complexity index is 852. The molecule has 1 N–H and O–H groups in total. The Morgan fingerprint density at radius 1 is 1.11 bits per heavy atom. The van der Waals surface area contributed by atoms with Gasteiger partial charge in [-0.3, -0.25) is 4.79 Å². The summed E-state index contributed by atoms with van der Waals surface area (Å²) in [6.45, 7) is 2.70. The van der Waals surface area contributed by atoms with Crippen LogP contribution in [-0.2, 0) is 6.42 Å². The molecule has 0 radical (unpaired) electrons. The molecule has 5 nitrogen and oxygen atoms in total. The van der Waals surface area contributed by atoms with Crippen molar-refractivity contribution in [2.75, 3.05) is 20.6 Å². The van der Waals surface area contributed by atoms with Crippen LogP contribution in [0.25, 0.3) is 5.69 Å². The van der Waals surface area contributed by atoms with Gasteiger partial charge in [-0.05, 0) is 62.0 Å². The molecule has 0 aliphatic heterocycles. The largest absolute Gasteiger partial charge is 0.350 e. The fraction of sp³-hybridized carbons (Fsp3) is 0.273. The number of carbonyl (C=O) groups is 1. The van der Waals surface area contributed by atoms with E-state index >= 15 is 0 Å². The van der Waals surface area contributed by atoms with E-state index in [0.29, 0.717) is 12.1 Å². The number of nitrogens with zero attached hydrogens (tertiary/aromatic N) is 3. The second kappa shape index (κ2) is 8.64. The Kier molecular flexibility index (Phi) is 6.04. The highest BCUT2D eigenvalue weighted by atomic mass is 16.1. The average molecular weight is 362 g/mol. The maximum Gasteiger partial charge on any atom is 0.251 e. The molecule has 0 aliphatic carbocycles. The predicted molar refractivity (Wildman–Crippen MR) is 108 cm³/mol. The molecule has 1 atom stereocenters. The zero-order valence-corrected chi connectivity index (χ0v) is 16.1. The molecule has 0 bridgehead atoms. The molecule has 3 rings (SSSR count). The predicted octanol–water partition coefficient (Wildman–Crippen LogP) is 3.47. The van der Waals surface area contributed by atoms with Crippen LogP contribution in [-0.4, -0.2) is 41.2 Å². The van der Waals surface area contributed by atoms with Crippen LogP contribution in [0.2, 0.25) is 0 Å². The van der Waals surface area contributed by atoms with Crippen LogP contribution in [0, 0.1) is 0 Å². The van der Waals surface area contributed by atoms with Crippen LogP contribution in [0.4, 0.5) is 0 Å². The van der Waals surface area contributed by atoms with E-state index < -0.39 is 0 Å². The lowest BCUT2D eigenvalue weighted by Gasteiger charge is -2.25. The molecule has 1 amide bonds. The van der Waals surface area contributed by atoms with Gasteiger partial charge in [0.05, 0.1) is 11.7 Å². The van der Waals surface area contributed by atoms with E-state index in [2.05, 4.69) is 46.5 Å². The fourth-order valence-corrected chi connectivity index (χ4v) is 3.05. The van der Waals surface area contributed by atoms with Gasteiger partial charge in [-0.25, -0.2) is 4.68 Å². The zero-order chi connectivity index (χ0) is 19.2. The molecule has 0 spiro atoms. The summed E-state index contributed by atoms with van der Waals surface area (Å²) in [5.74, 6) is -0.0703. The van der Waals surface area contributed by atoms with Gasteiger partial charge in [0.25, 0.3) is 5.91 Å². The molecule has 1 heterocycles. The standard InChI is InChI=1S/C22H26N4O/c1-4-17-6-8-18(9-7-17)21(25(2)3)16-23-22(27)19-10-12-20(13-11-19)26-15-5-14-24-26/h5-15,21H,4,16H2,1-3H3,(H,23,27). The molecule has 140 valence electrons. The quantitative estimate of drug-likeness (QED) is 0.700. The monoisotopic (exact) mass is 362 g/mol. The lowest BCUT2D eigenvalue weighted by atomic mass is 10.0. The molecule has 2 aromatic carbocycles. The van der Waals surface area contributed by atoms with Gasteiger partial charge < -0.3 is 10.2 Å². The Hall–Kier alpha value is -2.92. The molecule has 0 fully saturated rings. The van der Waals surface area contributed by atoms with E-state index in [1.807, 2.05) is 50.6 Å². The number of hydrogen-bond acceptors (Lipinski definition) is 3. The Balaban J connectivity index is 1.65. The summed E-state index contributed by atoms with van der Waals surface area (Å²) in [5, 5.41) is 7.26. The SMILES string of the molecule is CCc1ccc(C(CNC(=O)c2ccc(-n3cccn3)cc2)N(C)C)cc1. The highest BCUT2D eigenvalue weighted by Gasteiger charge is 2.16. The summed E-state index contributed by atoms with van der Waals surface area (Å²) in [4.78, 5) is 14.7. The number of benzene rings is 2. The first kappa shape index (κ1) is 18.9. The van der Waals surface area contributed by atoms with Crippen molar-refractivity contribution in [2.24, 2.45) is 0 Å².